The Kier molecular flexibility index (Phi) is 6.38. The van der Waals surface area contributed by atoms with Gasteiger partial charge in [0, 0.05) is 6.54 Å². The summed E-state index contributed by atoms with van der Waals surface area (Å²) >= 11 is 6.07. The molecule has 1 aromatic carbocycles. The maximum absolute atomic E-state index is 6.07. The summed E-state index contributed by atoms with van der Waals surface area (Å²) in [5.41, 5.74) is 1.17. The molecule has 0 bridgehead atoms. The number of hydrogen-bond acceptors (Lipinski definition) is 2. The maximum Gasteiger partial charge on any atom is 0.138 e. The lowest BCUT2D eigenvalue weighted by Gasteiger charge is -2.19. The molecule has 1 rings (SSSR count). The van der Waals surface area contributed by atoms with Crippen molar-refractivity contribution in [1.29, 1.82) is 0 Å². The Morgan fingerprint density at radius 1 is 1.24 bits per heavy atom. The molecule has 0 heterocycles. The van der Waals surface area contributed by atoms with E-state index in [0.717, 1.165) is 25.4 Å². The number of nitrogens with zero attached hydrogens (tertiary/aromatic N) is 1. The van der Waals surface area contributed by atoms with E-state index in [2.05, 4.69) is 18.7 Å². The monoisotopic (exact) mass is 255 g/mol. The zero-order valence-corrected chi connectivity index (χ0v) is 11.8. The van der Waals surface area contributed by atoms with Gasteiger partial charge >= 0.3 is 0 Å². The van der Waals surface area contributed by atoms with Crippen molar-refractivity contribution < 1.29 is 4.74 Å². The van der Waals surface area contributed by atoms with Crippen LogP contribution in [-0.4, -0.2) is 31.1 Å². The van der Waals surface area contributed by atoms with E-state index in [-0.39, 0.29) is 0 Å². The van der Waals surface area contributed by atoms with Crippen LogP contribution in [0.1, 0.15) is 25.8 Å². The topological polar surface area (TPSA) is 12.5 Å². The number of rotatable bonds is 7. The average molecular weight is 256 g/mol. The summed E-state index contributed by atoms with van der Waals surface area (Å²) in [6.45, 7) is 10.3. The van der Waals surface area contributed by atoms with Crippen LogP contribution in [0.2, 0.25) is 5.02 Å². The highest BCUT2D eigenvalue weighted by Gasteiger charge is 2.04. The van der Waals surface area contributed by atoms with Crippen molar-refractivity contribution in [2.75, 3.05) is 26.2 Å². The second-order valence-electron chi connectivity index (χ2n) is 4.22. The van der Waals surface area contributed by atoms with Crippen molar-refractivity contribution in [1.82, 2.24) is 4.90 Å². The highest BCUT2D eigenvalue weighted by Crippen LogP contribution is 2.25. The van der Waals surface area contributed by atoms with Gasteiger partial charge in [-0.2, -0.15) is 0 Å². The van der Waals surface area contributed by atoms with Crippen LogP contribution >= 0.6 is 11.6 Å². The Hall–Kier alpha value is -0.730. The van der Waals surface area contributed by atoms with E-state index in [1.807, 2.05) is 25.1 Å². The molecule has 0 aliphatic rings. The second-order valence-corrected chi connectivity index (χ2v) is 4.62. The second kappa shape index (κ2) is 7.57. The minimum Gasteiger partial charge on any atom is -0.491 e. The van der Waals surface area contributed by atoms with Gasteiger partial charge in [-0.1, -0.05) is 31.5 Å². The van der Waals surface area contributed by atoms with Crippen LogP contribution in [0.3, 0.4) is 0 Å². The first-order valence-electron chi connectivity index (χ1n) is 6.28. The molecule has 0 aliphatic heterocycles. The van der Waals surface area contributed by atoms with E-state index < -0.39 is 0 Å². The van der Waals surface area contributed by atoms with Crippen molar-refractivity contribution in [2.45, 2.75) is 27.2 Å². The number of hydrogen-bond donors (Lipinski definition) is 0. The fourth-order valence-corrected chi connectivity index (χ4v) is 1.92. The van der Waals surface area contributed by atoms with E-state index in [1.165, 1.54) is 12.0 Å². The minimum atomic E-state index is 0.689. The van der Waals surface area contributed by atoms with E-state index >= 15 is 0 Å². The summed E-state index contributed by atoms with van der Waals surface area (Å²) in [6.07, 6.45) is 1.18. The van der Waals surface area contributed by atoms with Crippen LogP contribution in [0, 0.1) is 6.92 Å². The first kappa shape index (κ1) is 14.3. The molecule has 0 spiro atoms. The Labute approximate surface area is 110 Å². The zero-order valence-electron chi connectivity index (χ0n) is 11.0. The number of benzene rings is 1. The van der Waals surface area contributed by atoms with E-state index in [1.54, 1.807) is 0 Å². The van der Waals surface area contributed by atoms with Crippen molar-refractivity contribution in [3.05, 3.63) is 28.8 Å². The summed E-state index contributed by atoms with van der Waals surface area (Å²) in [5.74, 6) is 0.791. The van der Waals surface area contributed by atoms with Gasteiger partial charge in [-0.15, -0.1) is 0 Å². The maximum atomic E-state index is 6.07. The predicted molar refractivity (Wildman–Crippen MR) is 74.1 cm³/mol. The average Bonchev–Trinajstić information content (AvgIpc) is 2.32. The van der Waals surface area contributed by atoms with Gasteiger partial charge in [-0.05, 0) is 44.1 Å². The third-order valence-corrected chi connectivity index (χ3v) is 3.05. The Balaban J connectivity index is 2.42. The first-order valence-corrected chi connectivity index (χ1v) is 6.66. The standard InChI is InChI=1S/C14H22ClNO/c1-4-8-16(5-2)9-10-17-14-11-12(3)6-7-13(14)15/h6-7,11H,4-5,8-10H2,1-3H3. The third kappa shape index (κ3) is 4.97. The van der Waals surface area contributed by atoms with Gasteiger partial charge < -0.3 is 9.64 Å². The highest BCUT2D eigenvalue weighted by atomic mass is 35.5. The van der Waals surface area contributed by atoms with Crippen molar-refractivity contribution >= 4 is 11.6 Å². The Morgan fingerprint density at radius 2 is 2.00 bits per heavy atom. The number of likely N-dealkylation sites (N-methyl/N-ethyl adjacent to an activating group) is 1. The van der Waals surface area contributed by atoms with Crippen LogP contribution in [-0.2, 0) is 0 Å². The lowest BCUT2D eigenvalue weighted by Crippen LogP contribution is -2.29. The summed E-state index contributed by atoms with van der Waals surface area (Å²) in [6, 6.07) is 5.86. The predicted octanol–water partition coefficient (Wildman–Crippen LogP) is 3.76. The summed E-state index contributed by atoms with van der Waals surface area (Å²) in [5, 5.41) is 0.689. The molecular weight excluding hydrogens is 234 g/mol. The van der Waals surface area contributed by atoms with Crippen LogP contribution in [0.4, 0.5) is 0 Å². The van der Waals surface area contributed by atoms with Gasteiger partial charge in [-0.3, -0.25) is 0 Å². The van der Waals surface area contributed by atoms with Crippen LogP contribution in [0.15, 0.2) is 18.2 Å². The molecule has 3 heteroatoms. The summed E-state index contributed by atoms with van der Waals surface area (Å²) in [4.78, 5) is 2.38. The molecule has 96 valence electrons. The molecule has 0 N–H and O–H groups in total. The molecule has 0 aliphatic carbocycles. The first-order chi connectivity index (χ1) is 8.17. The minimum absolute atomic E-state index is 0.689. The number of aryl methyl sites for hydroxylation is 1. The fourth-order valence-electron chi connectivity index (χ4n) is 1.75. The quantitative estimate of drug-likeness (QED) is 0.736. The molecule has 0 fully saturated rings. The zero-order chi connectivity index (χ0) is 12.7. The SMILES string of the molecule is CCCN(CC)CCOc1cc(C)ccc1Cl. The number of ether oxygens (including phenoxy) is 1. The third-order valence-electron chi connectivity index (χ3n) is 2.74. The largest absolute Gasteiger partial charge is 0.491 e. The van der Waals surface area contributed by atoms with Crippen LogP contribution in [0.5, 0.6) is 5.75 Å². The van der Waals surface area contributed by atoms with Gasteiger partial charge in [-0.25, -0.2) is 0 Å². The molecule has 17 heavy (non-hydrogen) atoms. The molecule has 0 atom stereocenters. The van der Waals surface area contributed by atoms with Gasteiger partial charge in [0.05, 0.1) is 5.02 Å². The Morgan fingerprint density at radius 3 is 2.65 bits per heavy atom. The Bertz CT molecular complexity index is 341. The van der Waals surface area contributed by atoms with Crippen molar-refractivity contribution in [2.24, 2.45) is 0 Å². The summed E-state index contributed by atoms with van der Waals surface area (Å²) < 4.78 is 5.72. The molecule has 0 aromatic heterocycles. The van der Waals surface area contributed by atoms with E-state index in [0.29, 0.717) is 11.6 Å². The molecule has 2 nitrogen and oxygen atoms in total. The lowest BCUT2D eigenvalue weighted by molar-refractivity contribution is 0.216. The molecule has 0 unspecified atom stereocenters. The fraction of sp³-hybridized carbons (Fsp3) is 0.571. The van der Waals surface area contributed by atoms with E-state index in [4.69, 9.17) is 16.3 Å². The van der Waals surface area contributed by atoms with Gasteiger partial charge in [0.15, 0.2) is 0 Å². The van der Waals surface area contributed by atoms with Crippen molar-refractivity contribution in [3.8, 4) is 5.75 Å². The van der Waals surface area contributed by atoms with E-state index in [9.17, 15) is 0 Å². The highest BCUT2D eigenvalue weighted by molar-refractivity contribution is 6.32. The van der Waals surface area contributed by atoms with Gasteiger partial charge in [0.2, 0.25) is 0 Å². The normalized spacial score (nSPS) is 10.9. The summed E-state index contributed by atoms with van der Waals surface area (Å²) in [7, 11) is 0. The van der Waals surface area contributed by atoms with Gasteiger partial charge in [0.1, 0.15) is 12.4 Å². The molecule has 0 saturated heterocycles. The van der Waals surface area contributed by atoms with Crippen LogP contribution < -0.4 is 4.74 Å². The molecule has 0 radical (unpaired) electrons. The molecule has 0 amide bonds. The van der Waals surface area contributed by atoms with Gasteiger partial charge in [0.25, 0.3) is 0 Å². The lowest BCUT2D eigenvalue weighted by atomic mass is 10.2. The molecule has 1 aromatic rings. The molecular formula is C14H22ClNO. The number of halogens is 1. The van der Waals surface area contributed by atoms with Crippen molar-refractivity contribution in [3.63, 3.8) is 0 Å². The van der Waals surface area contributed by atoms with Crippen LogP contribution in [0.25, 0.3) is 0 Å². The molecule has 0 saturated carbocycles. The smallest absolute Gasteiger partial charge is 0.138 e.